The van der Waals surface area contributed by atoms with E-state index < -0.39 is 7.37 Å². The van der Waals surface area contributed by atoms with Crippen LogP contribution in [0.3, 0.4) is 0 Å². The van der Waals surface area contributed by atoms with Crippen LogP contribution in [0.25, 0.3) is 0 Å². The van der Waals surface area contributed by atoms with Crippen molar-refractivity contribution in [2.45, 2.75) is 13.3 Å². The minimum absolute atomic E-state index is 0.178. The van der Waals surface area contributed by atoms with Crippen molar-refractivity contribution in [1.82, 2.24) is 0 Å². The van der Waals surface area contributed by atoms with E-state index in [1.807, 2.05) is 12.2 Å². The van der Waals surface area contributed by atoms with Crippen molar-refractivity contribution >= 4 is 13.3 Å². The number of carbonyl (C=O) groups is 1. The molecule has 0 unspecified atom stereocenters. The monoisotopic (exact) mass is 218 g/mol. The Kier molecular flexibility index (Phi) is 4.36. The predicted octanol–water partition coefficient (Wildman–Crippen LogP) is 1.80. The van der Waals surface area contributed by atoms with Crippen LogP contribution in [0.5, 0.6) is 0 Å². The maximum atomic E-state index is 11.7. The summed E-state index contributed by atoms with van der Waals surface area (Å²) in [6.45, 7) is 2.32. The summed E-state index contributed by atoms with van der Waals surface area (Å²) in [5.74, 6) is -0.300. The first-order valence-electron chi connectivity index (χ1n) is 4.69. The highest BCUT2D eigenvalue weighted by Crippen LogP contribution is 2.49. The average Bonchev–Trinajstić information content (AvgIpc) is 2.53. The second kappa shape index (κ2) is 5.32. The van der Waals surface area contributed by atoms with Gasteiger partial charge in [0.2, 0.25) is 7.37 Å². The molecule has 0 N–H and O–H groups in total. The molecule has 5 heteroatoms. The van der Waals surface area contributed by atoms with Crippen LogP contribution >= 0.6 is 7.37 Å². The van der Waals surface area contributed by atoms with Gasteiger partial charge in [0.05, 0.1) is 19.6 Å². The number of carbonyl (C=O) groups excluding carboxylic acids is 1. The number of esters is 1. The second-order valence-electron chi connectivity index (χ2n) is 3.04. The molecule has 1 heterocycles. The molecular weight excluding hydrogens is 203 g/mol. The summed E-state index contributed by atoms with van der Waals surface area (Å²) in [6.07, 6.45) is 4.87. The third-order valence-electron chi connectivity index (χ3n) is 1.87. The average molecular weight is 218 g/mol. The van der Waals surface area contributed by atoms with Crippen LogP contribution in [0.2, 0.25) is 0 Å². The smallest absolute Gasteiger partial charge is 0.308 e. The molecule has 0 amide bonds. The Bertz CT molecular complexity index is 260. The summed E-state index contributed by atoms with van der Waals surface area (Å²) in [6, 6.07) is 0. The number of allylic oxidation sites excluding steroid dienone is 2. The van der Waals surface area contributed by atoms with E-state index in [0.717, 1.165) is 0 Å². The van der Waals surface area contributed by atoms with Crippen molar-refractivity contribution in [3.05, 3.63) is 12.2 Å². The molecule has 0 atom stereocenters. The molecule has 0 aromatic rings. The molecule has 80 valence electrons. The molecule has 14 heavy (non-hydrogen) atoms. The fourth-order valence-corrected chi connectivity index (χ4v) is 2.90. The molecule has 0 spiro atoms. The topological polar surface area (TPSA) is 52.6 Å². The molecule has 1 aliphatic heterocycles. The SMILES string of the molecule is CCOC(=O)CCOP1(=O)CC=CC1. The van der Waals surface area contributed by atoms with Gasteiger partial charge in [-0.1, -0.05) is 12.2 Å². The molecule has 1 rings (SSSR count). The van der Waals surface area contributed by atoms with Gasteiger partial charge in [0.15, 0.2) is 0 Å². The van der Waals surface area contributed by atoms with Crippen LogP contribution in [0.4, 0.5) is 0 Å². The first-order chi connectivity index (χ1) is 6.66. The number of hydrogen-bond donors (Lipinski definition) is 0. The number of hydrogen-bond acceptors (Lipinski definition) is 4. The standard InChI is InChI=1S/C9H15O4P/c1-2-12-9(10)5-6-13-14(11)7-3-4-8-14/h3-4H,2,5-8H2,1H3. The Morgan fingerprint density at radius 3 is 2.64 bits per heavy atom. The van der Waals surface area contributed by atoms with Gasteiger partial charge in [-0.3, -0.25) is 9.36 Å². The zero-order valence-electron chi connectivity index (χ0n) is 8.27. The highest BCUT2D eigenvalue weighted by atomic mass is 31.2. The molecule has 4 nitrogen and oxygen atoms in total. The van der Waals surface area contributed by atoms with Crippen LogP contribution in [0.1, 0.15) is 13.3 Å². The molecule has 0 saturated heterocycles. The first-order valence-corrected chi connectivity index (χ1v) is 6.69. The number of ether oxygens (including phenoxy) is 1. The molecule has 1 aliphatic rings. The third kappa shape index (κ3) is 3.64. The van der Waals surface area contributed by atoms with Crippen LogP contribution in [0.15, 0.2) is 12.2 Å². The van der Waals surface area contributed by atoms with E-state index in [9.17, 15) is 9.36 Å². The fraction of sp³-hybridized carbons (Fsp3) is 0.667. The Labute approximate surface area is 83.7 Å². The normalized spacial score (nSPS) is 18.4. The lowest BCUT2D eigenvalue weighted by Gasteiger charge is -2.11. The Morgan fingerprint density at radius 2 is 2.07 bits per heavy atom. The molecular formula is C9H15O4P. The summed E-state index contributed by atoms with van der Waals surface area (Å²) >= 11 is 0. The molecule has 0 fully saturated rings. The molecule has 0 aliphatic carbocycles. The lowest BCUT2D eigenvalue weighted by Crippen LogP contribution is -2.07. The van der Waals surface area contributed by atoms with Gasteiger partial charge in [-0.2, -0.15) is 0 Å². The zero-order valence-corrected chi connectivity index (χ0v) is 9.16. The largest absolute Gasteiger partial charge is 0.466 e. The van der Waals surface area contributed by atoms with E-state index >= 15 is 0 Å². The molecule has 0 aromatic heterocycles. The van der Waals surface area contributed by atoms with Crippen molar-refractivity contribution in [3.8, 4) is 0 Å². The Hall–Kier alpha value is -0.600. The molecule has 0 aromatic carbocycles. The molecule has 0 bridgehead atoms. The Morgan fingerprint density at radius 1 is 1.43 bits per heavy atom. The second-order valence-corrected chi connectivity index (χ2v) is 5.66. The summed E-state index contributed by atoms with van der Waals surface area (Å²) in [4.78, 5) is 10.9. The summed E-state index contributed by atoms with van der Waals surface area (Å²) in [5, 5.41) is 0. The van der Waals surface area contributed by atoms with Crippen molar-refractivity contribution < 1.29 is 18.6 Å². The summed E-state index contributed by atoms with van der Waals surface area (Å²) < 4.78 is 21.6. The van der Waals surface area contributed by atoms with Crippen LogP contribution in [0, 0.1) is 0 Å². The van der Waals surface area contributed by atoms with Gasteiger partial charge in [-0.25, -0.2) is 0 Å². The summed E-state index contributed by atoms with van der Waals surface area (Å²) in [7, 11) is -2.46. The maximum absolute atomic E-state index is 11.7. The van der Waals surface area contributed by atoms with Crippen molar-refractivity contribution in [1.29, 1.82) is 0 Å². The van der Waals surface area contributed by atoms with E-state index in [0.29, 0.717) is 18.9 Å². The van der Waals surface area contributed by atoms with Crippen molar-refractivity contribution in [2.24, 2.45) is 0 Å². The third-order valence-corrected chi connectivity index (χ3v) is 4.06. The van der Waals surface area contributed by atoms with Crippen LogP contribution < -0.4 is 0 Å². The van der Waals surface area contributed by atoms with Crippen molar-refractivity contribution in [3.63, 3.8) is 0 Å². The minimum Gasteiger partial charge on any atom is -0.466 e. The van der Waals surface area contributed by atoms with Gasteiger partial charge in [0, 0.05) is 12.3 Å². The van der Waals surface area contributed by atoms with Gasteiger partial charge in [-0.15, -0.1) is 0 Å². The van der Waals surface area contributed by atoms with Gasteiger partial charge < -0.3 is 9.26 Å². The van der Waals surface area contributed by atoms with E-state index in [-0.39, 0.29) is 19.0 Å². The zero-order chi connectivity index (χ0) is 10.4. The van der Waals surface area contributed by atoms with Gasteiger partial charge in [0.25, 0.3) is 0 Å². The van der Waals surface area contributed by atoms with Gasteiger partial charge in [0.1, 0.15) is 0 Å². The van der Waals surface area contributed by atoms with Crippen molar-refractivity contribution in [2.75, 3.05) is 25.5 Å². The van der Waals surface area contributed by atoms with E-state index in [1.165, 1.54) is 0 Å². The van der Waals surface area contributed by atoms with E-state index in [4.69, 9.17) is 9.26 Å². The van der Waals surface area contributed by atoms with Crippen LogP contribution in [-0.4, -0.2) is 31.5 Å². The molecule has 0 saturated carbocycles. The Balaban J connectivity index is 2.15. The van der Waals surface area contributed by atoms with Gasteiger partial charge in [-0.05, 0) is 6.92 Å². The highest BCUT2D eigenvalue weighted by molar-refractivity contribution is 7.59. The first kappa shape index (κ1) is 11.5. The fourth-order valence-electron chi connectivity index (χ4n) is 1.18. The number of rotatable bonds is 5. The maximum Gasteiger partial charge on any atom is 0.308 e. The predicted molar refractivity (Wildman–Crippen MR) is 53.7 cm³/mol. The highest BCUT2D eigenvalue weighted by Gasteiger charge is 2.23. The minimum atomic E-state index is -2.46. The van der Waals surface area contributed by atoms with Gasteiger partial charge >= 0.3 is 5.97 Å². The lowest BCUT2D eigenvalue weighted by molar-refractivity contribution is -0.143. The van der Waals surface area contributed by atoms with Crippen LogP contribution in [-0.2, 0) is 18.6 Å². The quantitative estimate of drug-likeness (QED) is 0.401. The van der Waals surface area contributed by atoms with E-state index in [2.05, 4.69) is 0 Å². The molecule has 0 radical (unpaired) electrons. The lowest BCUT2D eigenvalue weighted by atomic mass is 10.5. The van der Waals surface area contributed by atoms with E-state index in [1.54, 1.807) is 6.92 Å². The summed E-state index contributed by atoms with van der Waals surface area (Å²) in [5.41, 5.74) is 0.